The highest BCUT2D eigenvalue weighted by atomic mass is 35.5. The van der Waals surface area contributed by atoms with Crippen molar-refractivity contribution in [3.63, 3.8) is 0 Å². The predicted octanol–water partition coefficient (Wildman–Crippen LogP) is 4.54. The minimum Gasteiger partial charge on any atom is -0.472 e. The van der Waals surface area contributed by atoms with Crippen LogP contribution in [0.4, 0.5) is 0 Å². The molecule has 1 amide bonds. The molecule has 2 aromatic rings. The number of hydrogen-bond donors (Lipinski definition) is 2. The molecule has 8 heteroatoms. The smallest absolute Gasteiger partial charge is 0.253 e. The van der Waals surface area contributed by atoms with E-state index in [1.54, 1.807) is 6.07 Å². The minimum atomic E-state index is -0.472. The lowest BCUT2D eigenvalue weighted by Gasteiger charge is -2.50. The van der Waals surface area contributed by atoms with E-state index < -0.39 is 5.72 Å². The Bertz CT molecular complexity index is 1220. The molecule has 1 aromatic heterocycles. The fourth-order valence-electron chi connectivity index (χ4n) is 5.87. The highest BCUT2D eigenvalue weighted by Gasteiger charge is 2.46. The van der Waals surface area contributed by atoms with Gasteiger partial charge in [0, 0.05) is 58.0 Å². The number of carbonyl (C=O) groups is 1. The number of aromatic amines is 1. The van der Waals surface area contributed by atoms with Crippen molar-refractivity contribution >= 4 is 17.5 Å². The van der Waals surface area contributed by atoms with Gasteiger partial charge in [-0.3, -0.25) is 14.5 Å². The number of fused-ring (bicyclic) bond motifs is 1. The zero-order valence-corrected chi connectivity index (χ0v) is 23.3. The molecule has 1 fully saturated rings. The molecular formula is C28H39ClN4O3. The maximum atomic E-state index is 13.2. The average Bonchev–Trinajstić information content (AvgIpc) is 2.81. The van der Waals surface area contributed by atoms with Crippen LogP contribution in [-0.4, -0.2) is 53.6 Å². The summed E-state index contributed by atoms with van der Waals surface area (Å²) in [4.78, 5) is 33.0. The van der Waals surface area contributed by atoms with E-state index in [9.17, 15) is 9.59 Å². The Balaban J connectivity index is 1.58. The van der Waals surface area contributed by atoms with Gasteiger partial charge in [-0.05, 0) is 92.2 Å². The van der Waals surface area contributed by atoms with Crippen LogP contribution in [0, 0.1) is 26.7 Å². The lowest BCUT2D eigenvalue weighted by atomic mass is 9.78. The SMILES string of the molecule is Cc1cc(C)c(CNC(=O)c2cc(Cl)c3c(c2C)OC(C)(C2CCC(N(C)C)CC2)N(C)C3)c(=O)[nH]1. The summed E-state index contributed by atoms with van der Waals surface area (Å²) in [6.45, 7) is 8.62. The van der Waals surface area contributed by atoms with Crippen molar-refractivity contribution in [2.24, 2.45) is 5.92 Å². The molecule has 1 aromatic carbocycles. The first-order valence-corrected chi connectivity index (χ1v) is 13.2. The van der Waals surface area contributed by atoms with Crippen molar-refractivity contribution in [1.29, 1.82) is 0 Å². The van der Waals surface area contributed by atoms with E-state index in [4.69, 9.17) is 16.3 Å². The number of halogens is 1. The van der Waals surface area contributed by atoms with Gasteiger partial charge in [0.1, 0.15) is 5.75 Å². The summed E-state index contributed by atoms with van der Waals surface area (Å²) in [5, 5.41) is 3.43. The molecule has 1 unspecified atom stereocenters. The van der Waals surface area contributed by atoms with Crippen molar-refractivity contribution < 1.29 is 9.53 Å². The fourth-order valence-corrected chi connectivity index (χ4v) is 6.12. The summed E-state index contributed by atoms with van der Waals surface area (Å²) in [7, 11) is 6.40. The quantitative estimate of drug-likeness (QED) is 0.612. The van der Waals surface area contributed by atoms with E-state index in [1.807, 2.05) is 26.8 Å². The molecule has 0 spiro atoms. The van der Waals surface area contributed by atoms with Crippen molar-refractivity contribution in [1.82, 2.24) is 20.1 Å². The van der Waals surface area contributed by atoms with Crippen LogP contribution >= 0.6 is 11.6 Å². The normalized spacial score (nSPS) is 24.4. The van der Waals surface area contributed by atoms with Gasteiger partial charge in [0.2, 0.25) is 0 Å². The first-order chi connectivity index (χ1) is 16.9. The second kappa shape index (κ2) is 10.2. The van der Waals surface area contributed by atoms with Gasteiger partial charge >= 0.3 is 0 Å². The van der Waals surface area contributed by atoms with Gasteiger partial charge in [-0.25, -0.2) is 0 Å². The van der Waals surface area contributed by atoms with Crippen LogP contribution in [0.2, 0.25) is 5.02 Å². The number of H-pyrrole nitrogens is 1. The average molecular weight is 515 g/mol. The second-order valence-electron chi connectivity index (χ2n) is 10.9. The third kappa shape index (κ3) is 4.93. The van der Waals surface area contributed by atoms with Gasteiger partial charge in [-0.2, -0.15) is 0 Å². The number of nitrogens with one attached hydrogen (secondary N) is 2. The fraction of sp³-hybridized carbons (Fsp3) is 0.571. The standard InChI is InChI=1S/C28H39ClN4O3/c1-16-12-17(2)31-27(35)22(16)14-30-26(34)21-13-24(29)23-15-33(7)28(4,36-25(23)18(21)3)19-8-10-20(11-9-19)32(5)6/h12-13,19-20H,8-11,14-15H2,1-7H3,(H,30,34)(H,31,35). The summed E-state index contributed by atoms with van der Waals surface area (Å²) in [6.07, 6.45) is 4.49. The molecule has 0 saturated heterocycles. The van der Waals surface area contributed by atoms with E-state index in [1.165, 1.54) is 0 Å². The first-order valence-electron chi connectivity index (χ1n) is 12.8. The third-order valence-electron chi connectivity index (χ3n) is 8.39. The summed E-state index contributed by atoms with van der Waals surface area (Å²) in [6, 6.07) is 4.24. The Morgan fingerprint density at radius 2 is 1.89 bits per heavy atom. The number of aromatic nitrogens is 1. The molecule has 2 N–H and O–H groups in total. The Labute approximate surface area is 219 Å². The second-order valence-corrected chi connectivity index (χ2v) is 11.4. The number of hydrogen-bond acceptors (Lipinski definition) is 5. The maximum absolute atomic E-state index is 13.2. The molecular weight excluding hydrogens is 476 g/mol. The molecule has 1 atom stereocenters. The van der Waals surface area contributed by atoms with Crippen LogP contribution in [0.1, 0.15) is 70.9 Å². The van der Waals surface area contributed by atoms with Crippen LogP contribution < -0.4 is 15.6 Å². The van der Waals surface area contributed by atoms with Crippen molar-refractivity contribution in [3.05, 3.63) is 61.0 Å². The molecule has 4 rings (SSSR count). The van der Waals surface area contributed by atoms with Crippen LogP contribution in [0.3, 0.4) is 0 Å². The molecule has 7 nitrogen and oxygen atoms in total. The maximum Gasteiger partial charge on any atom is 0.253 e. The van der Waals surface area contributed by atoms with E-state index in [0.717, 1.165) is 48.1 Å². The largest absolute Gasteiger partial charge is 0.472 e. The van der Waals surface area contributed by atoms with Crippen molar-refractivity contribution in [2.75, 3.05) is 21.1 Å². The number of carbonyl (C=O) groups excluding carboxylic acids is 1. The molecule has 1 saturated carbocycles. The zero-order valence-electron chi connectivity index (χ0n) is 22.5. The lowest BCUT2D eigenvalue weighted by molar-refractivity contribution is -0.132. The minimum absolute atomic E-state index is 0.144. The van der Waals surface area contributed by atoms with E-state index in [-0.39, 0.29) is 18.0 Å². The van der Waals surface area contributed by atoms with Gasteiger partial charge in [-0.15, -0.1) is 0 Å². The van der Waals surface area contributed by atoms with Gasteiger partial charge < -0.3 is 19.9 Å². The van der Waals surface area contributed by atoms with Crippen LogP contribution in [0.15, 0.2) is 16.9 Å². The number of aryl methyl sites for hydroxylation is 2. The van der Waals surface area contributed by atoms with Crippen molar-refractivity contribution in [3.8, 4) is 5.75 Å². The molecule has 1 aliphatic carbocycles. The van der Waals surface area contributed by atoms with E-state index >= 15 is 0 Å². The first kappa shape index (κ1) is 26.7. The van der Waals surface area contributed by atoms with E-state index in [2.05, 4.69) is 48.2 Å². The topological polar surface area (TPSA) is 77.7 Å². The van der Waals surface area contributed by atoms with Gasteiger partial charge in [0.25, 0.3) is 11.5 Å². The Morgan fingerprint density at radius 3 is 2.50 bits per heavy atom. The molecule has 1 aliphatic heterocycles. The number of benzene rings is 1. The number of nitrogens with zero attached hydrogens (tertiary/aromatic N) is 2. The third-order valence-corrected chi connectivity index (χ3v) is 8.73. The summed E-state index contributed by atoms with van der Waals surface area (Å²) in [5.74, 6) is 0.832. The molecule has 2 aliphatic rings. The predicted molar refractivity (Wildman–Crippen MR) is 144 cm³/mol. The Morgan fingerprint density at radius 1 is 1.22 bits per heavy atom. The number of ether oxygens (including phenoxy) is 1. The Kier molecular flexibility index (Phi) is 7.56. The molecule has 0 radical (unpaired) electrons. The number of amides is 1. The monoisotopic (exact) mass is 514 g/mol. The van der Waals surface area contributed by atoms with E-state index in [0.29, 0.717) is 40.4 Å². The highest BCUT2D eigenvalue weighted by molar-refractivity contribution is 6.32. The Hall–Kier alpha value is -2.35. The molecule has 36 heavy (non-hydrogen) atoms. The number of rotatable bonds is 5. The summed E-state index contributed by atoms with van der Waals surface area (Å²) < 4.78 is 6.78. The zero-order chi connectivity index (χ0) is 26.4. The molecule has 0 bridgehead atoms. The molecule has 196 valence electrons. The van der Waals surface area contributed by atoms with Gasteiger partial charge in [-0.1, -0.05) is 11.6 Å². The number of pyridine rings is 1. The summed E-state index contributed by atoms with van der Waals surface area (Å²) in [5.41, 5.74) is 3.71. The van der Waals surface area contributed by atoms with Crippen molar-refractivity contribution in [2.45, 2.75) is 78.2 Å². The van der Waals surface area contributed by atoms with Gasteiger partial charge in [0.15, 0.2) is 5.72 Å². The summed E-state index contributed by atoms with van der Waals surface area (Å²) >= 11 is 6.70. The highest BCUT2D eigenvalue weighted by Crippen LogP contribution is 2.46. The molecule has 2 heterocycles. The van der Waals surface area contributed by atoms with Crippen LogP contribution in [0.25, 0.3) is 0 Å². The lowest BCUT2D eigenvalue weighted by Crippen LogP contribution is -2.57. The van der Waals surface area contributed by atoms with Gasteiger partial charge in [0.05, 0.1) is 0 Å². The van der Waals surface area contributed by atoms with Crippen LogP contribution in [-0.2, 0) is 13.1 Å². The van der Waals surface area contributed by atoms with Crippen LogP contribution in [0.5, 0.6) is 5.75 Å².